The number of aromatic carboxylic acids is 1. The molecule has 1 amide bonds. The molecule has 116 valence electrons. The first-order valence-corrected chi connectivity index (χ1v) is 8.05. The summed E-state index contributed by atoms with van der Waals surface area (Å²) in [4.78, 5) is 26.2. The van der Waals surface area contributed by atoms with E-state index in [1.54, 1.807) is 17.2 Å². The topological polar surface area (TPSA) is 70.8 Å². The van der Waals surface area contributed by atoms with Gasteiger partial charge in [0.2, 0.25) is 0 Å². The molecule has 6 heteroatoms. The molecule has 0 aromatic carbocycles. The molecule has 0 radical (unpaired) electrons. The van der Waals surface area contributed by atoms with Crippen molar-refractivity contribution >= 4 is 23.2 Å². The fourth-order valence-electron chi connectivity index (χ4n) is 2.84. The van der Waals surface area contributed by atoms with E-state index in [-0.39, 0.29) is 16.8 Å². The number of piperidine rings is 1. The number of carboxylic acids is 1. The minimum absolute atomic E-state index is 0.0818. The van der Waals surface area contributed by atoms with Crippen LogP contribution in [0, 0.1) is 5.92 Å². The van der Waals surface area contributed by atoms with Crippen molar-refractivity contribution in [3.8, 4) is 0 Å². The Balaban J connectivity index is 1.86. The van der Waals surface area contributed by atoms with Crippen molar-refractivity contribution < 1.29 is 19.1 Å². The minimum atomic E-state index is -1.00. The first kappa shape index (κ1) is 14.8. The number of furan rings is 1. The number of likely N-dealkylation sites (tertiary alicyclic amines) is 1. The van der Waals surface area contributed by atoms with Gasteiger partial charge in [0.25, 0.3) is 5.91 Å². The fourth-order valence-corrected chi connectivity index (χ4v) is 3.65. The molecule has 3 rings (SSSR count). The van der Waals surface area contributed by atoms with Crippen LogP contribution in [0.2, 0.25) is 0 Å². The molecule has 3 heterocycles. The first-order valence-electron chi connectivity index (χ1n) is 7.23. The number of carbonyl (C=O) groups excluding carboxylic acids is 1. The van der Waals surface area contributed by atoms with Crippen molar-refractivity contribution in [1.29, 1.82) is 0 Å². The maximum absolute atomic E-state index is 12.7. The molecule has 1 aliphatic heterocycles. The maximum atomic E-state index is 12.7. The van der Waals surface area contributed by atoms with Crippen LogP contribution >= 0.6 is 11.3 Å². The molecule has 0 spiro atoms. The highest BCUT2D eigenvalue weighted by Crippen LogP contribution is 2.36. The number of rotatable bonds is 3. The van der Waals surface area contributed by atoms with Crippen LogP contribution in [-0.2, 0) is 0 Å². The van der Waals surface area contributed by atoms with E-state index in [9.17, 15) is 9.59 Å². The maximum Gasteiger partial charge on any atom is 0.345 e. The monoisotopic (exact) mass is 319 g/mol. The lowest BCUT2D eigenvalue weighted by molar-refractivity contribution is 0.0525. The highest BCUT2D eigenvalue weighted by molar-refractivity contribution is 7.15. The highest BCUT2D eigenvalue weighted by Gasteiger charge is 2.33. The molecular formula is C16H17NO4S. The van der Waals surface area contributed by atoms with Crippen LogP contribution in [0.1, 0.15) is 50.9 Å². The zero-order chi connectivity index (χ0) is 15.7. The number of hydrogen-bond acceptors (Lipinski definition) is 4. The predicted octanol–water partition coefficient (Wildman–Crippen LogP) is 3.65. The normalized spacial score (nSPS) is 21.8. The van der Waals surface area contributed by atoms with Gasteiger partial charge in [-0.3, -0.25) is 4.79 Å². The van der Waals surface area contributed by atoms with E-state index in [0.717, 1.165) is 29.9 Å². The van der Waals surface area contributed by atoms with Crippen LogP contribution < -0.4 is 0 Å². The van der Waals surface area contributed by atoms with Gasteiger partial charge in [-0.25, -0.2) is 4.79 Å². The second-order valence-corrected chi connectivity index (χ2v) is 6.71. The molecule has 1 fully saturated rings. The Morgan fingerprint density at radius 2 is 2.09 bits per heavy atom. The second kappa shape index (κ2) is 5.96. The zero-order valence-electron chi connectivity index (χ0n) is 12.2. The van der Waals surface area contributed by atoms with Gasteiger partial charge >= 0.3 is 5.97 Å². The molecule has 1 N–H and O–H groups in total. The van der Waals surface area contributed by atoms with Gasteiger partial charge in [0, 0.05) is 6.54 Å². The van der Waals surface area contributed by atoms with Crippen molar-refractivity contribution in [2.45, 2.75) is 25.8 Å². The van der Waals surface area contributed by atoms with E-state index in [0.29, 0.717) is 17.3 Å². The molecule has 2 aromatic heterocycles. The van der Waals surface area contributed by atoms with Crippen LogP contribution in [0.3, 0.4) is 0 Å². The Hall–Kier alpha value is -2.08. The Bertz CT molecular complexity index is 676. The molecule has 1 aliphatic rings. The van der Waals surface area contributed by atoms with Crippen LogP contribution in [-0.4, -0.2) is 28.4 Å². The SMILES string of the molecule is CC1CCN(C(=O)c2ccc(C(=O)O)s2)C(c2ccco2)C1. The molecular weight excluding hydrogens is 302 g/mol. The van der Waals surface area contributed by atoms with Gasteiger partial charge in [-0.1, -0.05) is 6.92 Å². The molecule has 2 aromatic rings. The van der Waals surface area contributed by atoms with Crippen molar-refractivity contribution in [1.82, 2.24) is 4.90 Å². The number of nitrogens with zero attached hydrogens (tertiary/aromatic N) is 1. The quantitative estimate of drug-likeness (QED) is 0.937. The van der Waals surface area contributed by atoms with E-state index >= 15 is 0 Å². The third-order valence-corrected chi connectivity index (χ3v) is 5.09. The number of thiophene rings is 1. The summed E-state index contributed by atoms with van der Waals surface area (Å²) in [5, 5.41) is 9.00. The molecule has 0 saturated carbocycles. The lowest BCUT2D eigenvalue weighted by Gasteiger charge is -2.37. The van der Waals surface area contributed by atoms with Crippen LogP contribution in [0.15, 0.2) is 34.9 Å². The van der Waals surface area contributed by atoms with E-state index in [4.69, 9.17) is 9.52 Å². The lowest BCUT2D eigenvalue weighted by Crippen LogP contribution is -2.40. The summed E-state index contributed by atoms with van der Waals surface area (Å²) in [6.45, 7) is 2.83. The van der Waals surface area contributed by atoms with Gasteiger partial charge in [0.05, 0.1) is 17.2 Å². The number of carboxylic acid groups (broad SMARTS) is 1. The van der Waals surface area contributed by atoms with Gasteiger partial charge in [0.15, 0.2) is 0 Å². The highest BCUT2D eigenvalue weighted by atomic mass is 32.1. The minimum Gasteiger partial charge on any atom is -0.477 e. The number of carbonyl (C=O) groups is 2. The van der Waals surface area contributed by atoms with Crippen LogP contribution in [0.4, 0.5) is 0 Å². The summed E-state index contributed by atoms with van der Waals surface area (Å²) in [7, 11) is 0. The van der Waals surface area contributed by atoms with Crippen molar-refractivity contribution in [3.63, 3.8) is 0 Å². The summed E-state index contributed by atoms with van der Waals surface area (Å²) in [6.07, 6.45) is 3.42. The van der Waals surface area contributed by atoms with E-state index < -0.39 is 5.97 Å². The van der Waals surface area contributed by atoms with Gasteiger partial charge in [-0.05, 0) is 43.0 Å². The van der Waals surface area contributed by atoms with Gasteiger partial charge in [-0.2, -0.15) is 0 Å². The van der Waals surface area contributed by atoms with E-state index in [1.807, 2.05) is 12.1 Å². The molecule has 0 aliphatic carbocycles. The van der Waals surface area contributed by atoms with Crippen LogP contribution in [0.5, 0.6) is 0 Å². The Morgan fingerprint density at radius 1 is 1.32 bits per heavy atom. The predicted molar refractivity (Wildman–Crippen MR) is 82.2 cm³/mol. The summed E-state index contributed by atoms with van der Waals surface area (Å²) >= 11 is 1.02. The summed E-state index contributed by atoms with van der Waals surface area (Å²) in [5.41, 5.74) is 0. The third kappa shape index (κ3) is 2.78. The largest absolute Gasteiger partial charge is 0.477 e. The standard InChI is InChI=1S/C16H17NO4S/c1-10-6-7-17(11(9-10)12-3-2-8-21-12)15(18)13-4-5-14(22-13)16(19)20/h2-5,8,10-11H,6-7,9H2,1H3,(H,19,20). The summed E-state index contributed by atoms with van der Waals surface area (Å²) in [5.74, 6) is 0.191. The molecule has 5 nitrogen and oxygen atoms in total. The Morgan fingerprint density at radius 3 is 2.73 bits per heavy atom. The molecule has 2 unspecified atom stereocenters. The zero-order valence-corrected chi connectivity index (χ0v) is 13.0. The second-order valence-electron chi connectivity index (χ2n) is 5.63. The van der Waals surface area contributed by atoms with Gasteiger partial charge in [-0.15, -0.1) is 11.3 Å². The Labute approximate surface area is 132 Å². The summed E-state index contributed by atoms with van der Waals surface area (Å²) < 4.78 is 5.50. The van der Waals surface area contributed by atoms with Crippen molar-refractivity contribution in [2.75, 3.05) is 6.54 Å². The average Bonchev–Trinajstić information content (AvgIpc) is 3.18. The smallest absolute Gasteiger partial charge is 0.345 e. The third-order valence-electron chi connectivity index (χ3n) is 4.02. The molecule has 22 heavy (non-hydrogen) atoms. The van der Waals surface area contributed by atoms with Gasteiger partial charge < -0.3 is 14.4 Å². The number of amides is 1. The number of hydrogen-bond donors (Lipinski definition) is 1. The fraction of sp³-hybridized carbons (Fsp3) is 0.375. The van der Waals surface area contributed by atoms with Crippen molar-refractivity contribution in [2.24, 2.45) is 5.92 Å². The van der Waals surface area contributed by atoms with E-state index in [2.05, 4.69) is 6.92 Å². The molecule has 2 atom stereocenters. The summed E-state index contributed by atoms with van der Waals surface area (Å²) in [6, 6.07) is 6.70. The van der Waals surface area contributed by atoms with Gasteiger partial charge in [0.1, 0.15) is 10.6 Å². The van der Waals surface area contributed by atoms with E-state index in [1.165, 1.54) is 6.07 Å². The van der Waals surface area contributed by atoms with Crippen LogP contribution in [0.25, 0.3) is 0 Å². The first-order chi connectivity index (χ1) is 10.6. The molecule has 1 saturated heterocycles. The molecule has 0 bridgehead atoms. The Kier molecular flexibility index (Phi) is 4.02. The average molecular weight is 319 g/mol. The van der Waals surface area contributed by atoms with Crippen molar-refractivity contribution in [3.05, 3.63) is 46.0 Å². The lowest BCUT2D eigenvalue weighted by atomic mass is 9.91.